The Morgan fingerprint density at radius 1 is 1.09 bits per heavy atom. The Balaban J connectivity index is 1.59. The van der Waals surface area contributed by atoms with Crippen molar-refractivity contribution >= 4 is 29.2 Å². The van der Waals surface area contributed by atoms with Gasteiger partial charge in [-0.1, -0.05) is 31.3 Å². The zero-order chi connectivity index (χ0) is 34.1. The van der Waals surface area contributed by atoms with Gasteiger partial charge in [-0.3, -0.25) is 9.59 Å². The average molecular weight is 656 g/mol. The van der Waals surface area contributed by atoms with Crippen LogP contribution in [-0.2, 0) is 9.53 Å². The number of aliphatic hydroxyl groups is 1. The number of aryl methyl sites for hydroxylation is 2. The van der Waals surface area contributed by atoms with E-state index in [0.717, 1.165) is 44.9 Å². The second-order valence-electron chi connectivity index (χ2n) is 13.3. The smallest absolute Gasteiger partial charge is 0.323 e. The molecule has 0 bridgehead atoms. The molecule has 1 aliphatic heterocycles. The number of likely N-dealkylation sites (N-methyl/N-ethyl adjacent to an activating group) is 1. The van der Waals surface area contributed by atoms with E-state index in [9.17, 15) is 19.5 Å². The summed E-state index contributed by atoms with van der Waals surface area (Å²) >= 11 is 0. The first-order valence-electron chi connectivity index (χ1n) is 17.1. The normalized spacial score (nSPS) is 22.4. The highest BCUT2D eigenvalue weighted by Crippen LogP contribution is 2.30. The molecule has 2 aliphatic rings. The van der Waals surface area contributed by atoms with E-state index in [1.54, 1.807) is 48.8 Å². The van der Waals surface area contributed by atoms with E-state index in [2.05, 4.69) is 15.8 Å². The molecular weight excluding hydrogens is 602 g/mol. The van der Waals surface area contributed by atoms with Crippen molar-refractivity contribution in [3.8, 4) is 5.75 Å². The Morgan fingerprint density at radius 3 is 2.49 bits per heavy atom. The zero-order valence-corrected chi connectivity index (χ0v) is 28.8. The Hall–Kier alpha value is -3.64. The van der Waals surface area contributed by atoms with Crippen LogP contribution in [0.3, 0.4) is 0 Å². The van der Waals surface area contributed by atoms with E-state index in [0.29, 0.717) is 41.7 Å². The third-order valence-electron chi connectivity index (χ3n) is 9.37. The van der Waals surface area contributed by atoms with Gasteiger partial charge in [-0.15, -0.1) is 0 Å². The number of hydrogen-bond acceptors (Lipinski definition) is 8. The molecule has 4 amide bonds. The first-order valence-corrected chi connectivity index (χ1v) is 17.1. The van der Waals surface area contributed by atoms with E-state index < -0.39 is 12.1 Å². The number of hydrogen-bond donors (Lipinski definition) is 3. The van der Waals surface area contributed by atoms with Crippen molar-refractivity contribution in [1.82, 2.24) is 15.0 Å². The first kappa shape index (κ1) is 36.2. The van der Waals surface area contributed by atoms with Crippen LogP contribution >= 0.6 is 0 Å². The molecule has 2 aromatic rings. The lowest BCUT2D eigenvalue weighted by molar-refractivity contribution is -0.137. The number of amides is 4. The molecule has 1 saturated carbocycles. The number of rotatable bonds is 7. The molecule has 260 valence electrons. The minimum Gasteiger partial charge on any atom is -0.490 e. The molecule has 47 heavy (non-hydrogen) atoms. The van der Waals surface area contributed by atoms with Crippen molar-refractivity contribution < 1.29 is 33.5 Å². The molecule has 1 aliphatic carbocycles. The van der Waals surface area contributed by atoms with Crippen molar-refractivity contribution in [2.24, 2.45) is 11.8 Å². The van der Waals surface area contributed by atoms with E-state index in [1.807, 2.05) is 20.9 Å². The summed E-state index contributed by atoms with van der Waals surface area (Å²) in [6.45, 7) is 10.2. The number of aliphatic hydroxyl groups excluding tert-OH is 1. The summed E-state index contributed by atoms with van der Waals surface area (Å²) in [7, 11) is 1.85. The highest BCUT2D eigenvalue weighted by atomic mass is 16.5. The Labute approximate surface area is 278 Å². The number of benzene rings is 1. The number of anilines is 2. The van der Waals surface area contributed by atoms with Gasteiger partial charge >= 0.3 is 6.03 Å². The number of carbonyl (C=O) groups is 3. The molecule has 4 atom stereocenters. The Kier molecular flexibility index (Phi) is 13.1. The van der Waals surface area contributed by atoms with Gasteiger partial charge in [0.2, 0.25) is 5.91 Å². The van der Waals surface area contributed by atoms with Gasteiger partial charge in [-0.2, -0.15) is 0 Å². The maximum absolute atomic E-state index is 14.4. The summed E-state index contributed by atoms with van der Waals surface area (Å²) in [5.41, 5.74) is 1.70. The largest absolute Gasteiger partial charge is 0.490 e. The average Bonchev–Trinajstić information content (AvgIpc) is 3.37. The number of nitrogens with zero attached hydrogens (tertiary/aromatic N) is 3. The summed E-state index contributed by atoms with van der Waals surface area (Å²) in [6.07, 6.45) is 7.20. The van der Waals surface area contributed by atoms with Gasteiger partial charge in [0.25, 0.3) is 5.91 Å². The summed E-state index contributed by atoms with van der Waals surface area (Å²) in [5, 5.41) is 19.7. The zero-order valence-electron chi connectivity index (χ0n) is 28.8. The Morgan fingerprint density at radius 2 is 1.81 bits per heavy atom. The van der Waals surface area contributed by atoms with Crippen LogP contribution in [0.25, 0.3) is 0 Å². The third-order valence-corrected chi connectivity index (χ3v) is 9.37. The number of aromatic nitrogens is 1. The monoisotopic (exact) mass is 655 g/mol. The van der Waals surface area contributed by atoms with Crippen LogP contribution in [0, 0.1) is 25.7 Å². The van der Waals surface area contributed by atoms with Gasteiger partial charge in [-0.05, 0) is 78.0 Å². The van der Waals surface area contributed by atoms with Gasteiger partial charge in [0.05, 0.1) is 30.4 Å². The van der Waals surface area contributed by atoms with E-state index >= 15 is 0 Å². The van der Waals surface area contributed by atoms with Gasteiger partial charge in [0.1, 0.15) is 17.1 Å². The highest BCUT2D eigenvalue weighted by Gasteiger charge is 2.32. The molecule has 0 spiro atoms. The molecule has 3 N–H and O–H groups in total. The first-order chi connectivity index (χ1) is 22.5. The van der Waals surface area contributed by atoms with E-state index in [1.165, 1.54) is 6.42 Å². The van der Waals surface area contributed by atoms with Crippen molar-refractivity contribution in [2.45, 2.75) is 104 Å². The van der Waals surface area contributed by atoms with Crippen LogP contribution < -0.4 is 15.4 Å². The minimum absolute atomic E-state index is 0.0577. The van der Waals surface area contributed by atoms with Crippen molar-refractivity contribution in [3.63, 3.8) is 0 Å². The summed E-state index contributed by atoms with van der Waals surface area (Å²) < 4.78 is 17.9. The predicted molar refractivity (Wildman–Crippen MR) is 180 cm³/mol. The van der Waals surface area contributed by atoms with Crippen molar-refractivity contribution in [3.05, 3.63) is 35.2 Å². The van der Waals surface area contributed by atoms with E-state index in [-0.39, 0.29) is 54.6 Å². The maximum atomic E-state index is 14.4. The fourth-order valence-corrected chi connectivity index (χ4v) is 6.42. The molecule has 0 unspecified atom stereocenters. The lowest BCUT2D eigenvalue weighted by atomic mass is 9.88. The van der Waals surface area contributed by atoms with Gasteiger partial charge in [0, 0.05) is 44.3 Å². The fourth-order valence-electron chi connectivity index (χ4n) is 6.42. The maximum Gasteiger partial charge on any atom is 0.323 e. The van der Waals surface area contributed by atoms with Crippen LogP contribution in [-0.4, -0.2) is 89.5 Å². The lowest BCUT2D eigenvalue weighted by Gasteiger charge is -2.36. The van der Waals surface area contributed by atoms with Crippen LogP contribution in [0.5, 0.6) is 5.75 Å². The number of nitrogens with one attached hydrogen (secondary N) is 2. The second-order valence-corrected chi connectivity index (χ2v) is 13.3. The number of carbonyl (C=O) groups excluding carboxylic acids is 3. The number of fused-ring (bicyclic) bond motifs is 1. The molecular formula is C35H53N5O7. The molecule has 1 fully saturated rings. The van der Waals surface area contributed by atoms with Crippen LogP contribution in [0.1, 0.15) is 93.9 Å². The van der Waals surface area contributed by atoms with Gasteiger partial charge in [0.15, 0.2) is 5.76 Å². The molecule has 1 aromatic heterocycles. The topological polar surface area (TPSA) is 146 Å². The van der Waals surface area contributed by atoms with Crippen molar-refractivity contribution in [2.75, 3.05) is 44.0 Å². The second kappa shape index (κ2) is 17.0. The predicted octanol–water partition coefficient (Wildman–Crippen LogP) is 5.77. The summed E-state index contributed by atoms with van der Waals surface area (Å²) in [5.74, 6) is 0.622. The molecule has 1 aromatic carbocycles. The van der Waals surface area contributed by atoms with Crippen molar-refractivity contribution in [1.29, 1.82) is 0 Å². The summed E-state index contributed by atoms with van der Waals surface area (Å²) in [6, 6.07) is 3.98. The Bertz CT molecular complexity index is 1340. The van der Waals surface area contributed by atoms with Crippen LogP contribution in [0.4, 0.5) is 16.2 Å². The molecule has 2 heterocycles. The van der Waals surface area contributed by atoms with Crippen LogP contribution in [0.15, 0.2) is 22.7 Å². The standard InChI is InChI=1S/C35H53N5O7/c1-22-19-40(23(2)21-41)34(43)29-18-28(36-35(44)37-32-25(4)38-47-26(32)5)15-16-30(29)46-24(3)12-10-11-17-45-31(22)20-39(6)33(42)27-13-8-7-9-14-27/h15-16,18,22-24,27,31,41H,7-14,17,19-21H2,1-6H3,(H2,36,37,44)/t22-,23-,24+,31-/m0/s1. The van der Waals surface area contributed by atoms with Crippen LogP contribution in [0.2, 0.25) is 0 Å². The minimum atomic E-state index is -0.511. The molecule has 12 nitrogen and oxygen atoms in total. The summed E-state index contributed by atoms with van der Waals surface area (Å²) in [4.78, 5) is 44.0. The highest BCUT2D eigenvalue weighted by molar-refractivity contribution is 6.03. The van der Waals surface area contributed by atoms with Gasteiger partial charge < -0.3 is 39.5 Å². The molecule has 0 radical (unpaired) electrons. The number of ether oxygens (including phenoxy) is 2. The van der Waals surface area contributed by atoms with E-state index in [4.69, 9.17) is 14.0 Å². The third kappa shape index (κ3) is 9.70. The lowest BCUT2D eigenvalue weighted by Crippen LogP contribution is -2.48. The van der Waals surface area contributed by atoms with Gasteiger partial charge in [-0.25, -0.2) is 4.79 Å². The molecule has 0 saturated heterocycles. The molecule has 4 rings (SSSR count). The number of urea groups is 1. The quantitative estimate of drug-likeness (QED) is 0.341. The fraction of sp³-hybridized carbons (Fsp3) is 0.657. The molecule has 12 heteroatoms. The SMILES string of the molecule is Cc1noc(C)c1NC(=O)Nc1ccc2c(c1)C(=O)N([C@@H](C)CO)C[C@H](C)[C@H](CN(C)C(=O)C1CCCCC1)OCCCC[C@@H](C)O2.